The number of benzene rings is 3. The fourth-order valence-electron chi connectivity index (χ4n) is 6.53. The average Bonchev–Trinajstić information content (AvgIpc) is 3.01. The first-order chi connectivity index (χ1) is 20.5. The van der Waals surface area contributed by atoms with Crippen molar-refractivity contribution in [3.05, 3.63) is 101 Å². The number of urea groups is 1. The minimum atomic E-state index is -0.393. The highest BCUT2D eigenvalue weighted by atomic mass is 19.1. The number of likely N-dealkylation sites (tertiary alicyclic amines) is 2. The predicted octanol–water partition coefficient (Wildman–Crippen LogP) is 6.81. The maximum Gasteiger partial charge on any atom is 0.338 e. The second-order valence-corrected chi connectivity index (χ2v) is 11.7. The van der Waals surface area contributed by atoms with Crippen molar-refractivity contribution in [3.63, 3.8) is 0 Å². The molecule has 6 nitrogen and oxygen atoms in total. The number of anilines is 1. The zero-order valence-electron chi connectivity index (χ0n) is 24.5. The van der Waals surface area contributed by atoms with Crippen molar-refractivity contribution >= 4 is 17.7 Å². The first kappa shape index (κ1) is 29.8. The number of nitrogens with zero attached hydrogens (tertiary/aromatic N) is 2. The van der Waals surface area contributed by atoms with Crippen LogP contribution >= 0.6 is 0 Å². The summed E-state index contributed by atoms with van der Waals surface area (Å²) in [5.74, 6) is 0.407. The molecule has 0 spiro atoms. The van der Waals surface area contributed by atoms with Gasteiger partial charge in [0, 0.05) is 24.8 Å². The predicted molar refractivity (Wildman–Crippen MR) is 164 cm³/mol. The van der Waals surface area contributed by atoms with Crippen molar-refractivity contribution in [2.75, 3.05) is 38.1 Å². The topological polar surface area (TPSA) is 61.9 Å². The van der Waals surface area contributed by atoms with E-state index in [4.69, 9.17) is 4.74 Å². The Morgan fingerprint density at radius 2 is 1.62 bits per heavy atom. The molecular weight excluding hydrogens is 529 g/mol. The zero-order chi connectivity index (χ0) is 29.3. The number of halogens is 1. The Bertz CT molecular complexity index is 1310. The van der Waals surface area contributed by atoms with Gasteiger partial charge in [-0.25, -0.2) is 14.0 Å². The second kappa shape index (κ2) is 14.5. The van der Waals surface area contributed by atoms with E-state index in [9.17, 15) is 14.0 Å². The number of amides is 2. The van der Waals surface area contributed by atoms with Gasteiger partial charge < -0.3 is 19.9 Å². The minimum absolute atomic E-state index is 0.0753. The van der Waals surface area contributed by atoms with Crippen LogP contribution < -0.4 is 5.32 Å². The number of carbonyl (C=O) groups is 2. The molecule has 5 rings (SSSR count). The van der Waals surface area contributed by atoms with Gasteiger partial charge >= 0.3 is 12.0 Å². The van der Waals surface area contributed by atoms with Gasteiger partial charge in [-0.1, -0.05) is 48.5 Å². The van der Waals surface area contributed by atoms with E-state index in [1.807, 2.05) is 29.2 Å². The lowest BCUT2D eigenvalue weighted by Crippen LogP contribution is -2.54. The molecule has 2 atom stereocenters. The summed E-state index contributed by atoms with van der Waals surface area (Å²) in [7, 11) is 0. The molecule has 0 unspecified atom stereocenters. The smallest absolute Gasteiger partial charge is 0.338 e. The summed E-state index contributed by atoms with van der Waals surface area (Å²) in [4.78, 5) is 30.5. The van der Waals surface area contributed by atoms with Crippen LogP contribution in [-0.4, -0.2) is 60.6 Å². The van der Waals surface area contributed by atoms with Gasteiger partial charge in [0.1, 0.15) is 5.82 Å². The number of piperidine rings is 2. The third-order valence-corrected chi connectivity index (χ3v) is 8.73. The van der Waals surface area contributed by atoms with E-state index in [2.05, 4.69) is 34.5 Å². The van der Waals surface area contributed by atoms with Crippen LogP contribution in [0.5, 0.6) is 0 Å². The van der Waals surface area contributed by atoms with E-state index in [0.717, 1.165) is 58.2 Å². The van der Waals surface area contributed by atoms with Gasteiger partial charge in [0.05, 0.1) is 12.2 Å². The van der Waals surface area contributed by atoms with Crippen molar-refractivity contribution in [1.29, 1.82) is 0 Å². The molecule has 1 N–H and O–H groups in total. The Kier molecular flexibility index (Phi) is 10.2. The summed E-state index contributed by atoms with van der Waals surface area (Å²) in [6, 6.07) is 24.3. The molecule has 2 aliphatic rings. The molecule has 3 aromatic rings. The summed E-state index contributed by atoms with van der Waals surface area (Å²) in [5, 5.41) is 3.06. The molecule has 3 aromatic carbocycles. The van der Waals surface area contributed by atoms with Crippen LogP contribution in [0.3, 0.4) is 0 Å². The van der Waals surface area contributed by atoms with Crippen molar-refractivity contribution in [2.24, 2.45) is 11.8 Å². The number of hydrogen-bond donors (Lipinski definition) is 1. The Labute approximate surface area is 248 Å². The van der Waals surface area contributed by atoms with Crippen molar-refractivity contribution in [1.82, 2.24) is 9.80 Å². The van der Waals surface area contributed by atoms with Gasteiger partial charge in [-0.15, -0.1) is 0 Å². The molecule has 0 radical (unpaired) electrons. The van der Waals surface area contributed by atoms with Gasteiger partial charge in [0.25, 0.3) is 0 Å². The first-order valence-corrected chi connectivity index (χ1v) is 15.3. The van der Waals surface area contributed by atoms with Crippen molar-refractivity contribution in [2.45, 2.75) is 51.5 Å². The Balaban J connectivity index is 1.24. The van der Waals surface area contributed by atoms with E-state index in [1.54, 1.807) is 37.3 Å². The van der Waals surface area contributed by atoms with Crippen LogP contribution in [0.2, 0.25) is 0 Å². The highest BCUT2D eigenvalue weighted by Gasteiger charge is 2.36. The summed E-state index contributed by atoms with van der Waals surface area (Å²) in [6.07, 6.45) is 6.13. The summed E-state index contributed by atoms with van der Waals surface area (Å²) >= 11 is 0. The normalized spacial score (nSPS) is 19.8. The highest BCUT2D eigenvalue weighted by Crippen LogP contribution is 2.30. The lowest BCUT2D eigenvalue weighted by Gasteiger charge is -2.44. The highest BCUT2D eigenvalue weighted by molar-refractivity contribution is 5.94. The molecule has 2 aliphatic heterocycles. The monoisotopic (exact) mass is 571 g/mol. The first-order valence-electron chi connectivity index (χ1n) is 15.3. The molecule has 42 heavy (non-hydrogen) atoms. The minimum Gasteiger partial charge on any atom is -0.462 e. The number of nitrogens with one attached hydrogen (secondary N) is 1. The van der Waals surface area contributed by atoms with Crippen LogP contribution in [0.4, 0.5) is 14.9 Å². The molecule has 0 saturated carbocycles. The molecule has 2 fully saturated rings. The molecule has 0 aliphatic carbocycles. The van der Waals surface area contributed by atoms with Crippen LogP contribution in [-0.2, 0) is 17.6 Å². The van der Waals surface area contributed by atoms with E-state index >= 15 is 0 Å². The van der Waals surface area contributed by atoms with E-state index in [1.165, 1.54) is 11.1 Å². The molecule has 2 saturated heterocycles. The van der Waals surface area contributed by atoms with Crippen LogP contribution in [0, 0.1) is 17.7 Å². The summed E-state index contributed by atoms with van der Waals surface area (Å²) in [6.45, 7) is 5.86. The number of carbonyl (C=O) groups excluding carboxylic acids is 2. The third kappa shape index (κ3) is 7.97. The zero-order valence-corrected chi connectivity index (χ0v) is 24.5. The lowest BCUT2D eigenvalue weighted by atomic mass is 9.83. The van der Waals surface area contributed by atoms with E-state index in [0.29, 0.717) is 36.2 Å². The fourth-order valence-corrected chi connectivity index (χ4v) is 6.53. The lowest BCUT2D eigenvalue weighted by molar-refractivity contribution is 0.0526. The van der Waals surface area contributed by atoms with Crippen LogP contribution in [0.1, 0.15) is 54.1 Å². The largest absolute Gasteiger partial charge is 0.462 e. The van der Waals surface area contributed by atoms with Crippen molar-refractivity contribution < 1.29 is 18.7 Å². The van der Waals surface area contributed by atoms with Gasteiger partial charge in [0.15, 0.2) is 0 Å². The summed E-state index contributed by atoms with van der Waals surface area (Å²) < 4.78 is 18.4. The Morgan fingerprint density at radius 1 is 0.881 bits per heavy atom. The Hall–Kier alpha value is -3.71. The average molecular weight is 572 g/mol. The fraction of sp³-hybridized carbons (Fsp3) is 0.429. The number of ether oxygens (including phenoxy) is 1. The van der Waals surface area contributed by atoms with Crippen molar-refractivity contribution in [3.8, 4) is 0 Å². The second-order valence-electron chi connectivity index (χ2n) is 11.7. The van der Waals surface area contributed by atoms with Gasteiger partial charge in [-0.2, -0.15) is 0 Å². The molecular formula is C35H42FN3O3. The molecule has 0 aromatic heterocycles. The molecule has 2 heterocycles. The maximum absolute atomic E-state index is 13.7. The third-order valence-electron chi connectivity index (χ3n) is 8.73. The van der Waals surface area contributed by atoms with Crippen LogP contribution in [0.15, 0.2) is 78.9 Å². The number of esters is 1. The van der Waals surface area contributed by atoms with Gasteiger partial charge in [0.2, 0.25) is 0 Å². The quantitative estimate of drug-likeness (QED) is 0.287. The van der Waals surface area contributed by atoms with Gasteiger partial charge in [-0.05, 0) is 112 Å². The number of hydrogen-bond acceptors (Lipinski definition) is 4. The molecule has 2 amide bonds. The van der Waals surface area contributed by atoms with Crippen LogP contribution in [0.25, 0.3) is 0 Å². The van der Waals surface area contributed by atoms with Gasteiger partial charge in [-0.3, -0.25) is 0 Å². The standard InChI is InChI=1S/C35H42FN3O3/c1-2-42-34(40)29-10-6-12-32(24-29)37-35(41)39-19-7-11-30(33(39)23-26-8-4-3-5-9-26)25-38-20-17-28(18-21-38)22-27-13-15-31(36)16-14-27/h3-6,8-10,12-16,24,28,30,33H,2,7,11,17-23,25H2,1H3,(H,37,41)/t30-,33-/m1/s1. The van der Waals surface area contributed by atoms with E-state index < -0.39 is 5.97 Å². The maximum atomic E-state index is 13.7. The molecule has 222 valence electrons. The SMILES string of the molecule is CCOC(=O)c1cccc(NC(=O)N2CCC[C@H](CN3CCC(Cc4ccc(F)cc4)CC3)[C@H]2Cc2ccccc2)c1. The van der Waals surface area contributed by atoms with E-state index in [-0.39, 0.29) is 17.9 Å². The molecule has 7 heteroatoms. The molecule has 0 bridgehead atoms. The summed E-state index contributed by atoms with van der Waals surface area (Å²) in [5.41, 5.74) is 3.46. The number of rotatable bonds is 9. The Morgan fingerprint density at radius 3 is 2.36 bits per heavy atom.